The van der Waals surface area contributed by atoms with Crippen LogP contribution in [0, 0.1) is 0 Å². The van der Waals surface area contributed by atoms with Crippen LogP contribution in [0.1, 0.15) is 29.8 Å². The van der Waals surface area contributed by atoms with Crippen molar-refractivity contribution in [2.24, 2.45) is 0 Å². The molecule has 0 bridgehead atoms. The highest BCUT2D eigenvalue weighted by atomic mass is 16.5. The summed E-state index contributed by atoms with van der Waals surface area (Å²) in [6.07, 6.45) is 3.78. The van der Waals surface area contributed by atoms with Crippen LogP contribution in [0.4, 0.5) is 0 Å². The minimum Gasteiger partial charge on any atom is -0.497 e. The zero-order chi connectivity index (χ0) is 15.4. The minimum atomic E-state index is -0.410. The van der Waals surface area contributed by atoms with Crippen molar-refractivity contribution in [1.82, 2.24) is 4.90 Å². The standard InChI is InChI=1S/C17H21NO4/c1-20-14-6-5-13-11-16(22-15(13)12-14)17(19)21-10-9-18-7-3-2-4-8-18/h5-6,11-12H,2-4,7-10H2,1H3. The van der Waals surface area contributed by atoms with E-state index in [1.165, 1.54) is 19.3 Å². The number of hydrogen-bond acceptors (Lipinski definition) is 5. The predicted octanol–water partition coefficient (Wildman–Crippen LogP) is 3.08. The lowest BCUT2D eigenvalue weighted by atomic mass is 10.1. The topological polar surface area (TPSA) is 51.9 Å². The van der Waals surface area contributed by atoms with Crippen LogP contribution in [-0.2, 0) is 4.74 Å². The molecule has 22 heavy (non-hydrogen) atoms. The van der Waals surface area contributed by atoms with Crippen LogP contribution in [0.5, 0.6) is 5.75 Å². The Labute approximate surface area is 129 Å². The first-order valence-corrected chi connectivity index (χ1v) is 7.73. The normalized spacial score (nSPS) is 15.9. The van der Waals surface area contributed by atoms with Gasteiger partial charge in [0.2, 0.25) is 5.76 Å². The lowest BCUT2D eigenvalue weighted by Crippen LogP contribution is -2.33. The fraction of sp³-hybridized carbons (Fsp3) is 0.471. The molecule has 1 aromatic carbocycles. The number of hydrogen-bond donors (Lipinski definition) is 0. The molecule has 1 saturated heterocycles. The molecule has 0 aliphatic carbocycles. The fourth-order valence-corrected chi connectivity index (χ4v) is 2.76. The van der Waals surface area contributed by atoms with E-state index in [-0.39, 0.29) is 5.76 Å². The Kier molecular flexibility index (Phi) is 4.63. The number of nitrogens with zero attached hydrogens (tertiary/aromatic N) is 1. The van der Waals surface area contributed by atoms with Gasteiger partial charge < -0.3 is 13.9 Å². The first-order chi connectivity index (χ1) is 10.8. The number of furan rings is 1. The molecule has 1 aliphatic heterocycles. The summed E-state index contributed by atoms with van der Waals surface area (Å²) in [5.41, 5.74) is 0.627. The monoisotopic (exact) mass is 303 g/mol. The molecule has 0 spiro atoms. The molecular weight excluding hydrogens is 282 g/mol. The highest BCUT2D eigenvalue weighted by molar-refractivity contribution is 5.92. The van der Waals surface area contributed by atoms with Crippen molar-refractivity contribution < 1.29 is 18.7 Å². The molecule has 0 atom stereocenters. The number of ether oxygens (including phenoxy) is 2. The molecule has 1 fully saturated rings. The molecular formula is C17H21NO4. The number of benzene rings is 1. The fourth-order valence-electron chi connectivity index (χ4n) is 2.76. The van der Waals surface area contributed by atoms with Crippen LogP contribution in [0.3, 0.4) is 0 Å². The SMILES string of the molecule is COc1ccc2cc(C(=O)OCCN3CCCCC3)oc2c1. The Morgan fingerprint density at radius 1 is 1.23 bits per heavy atom. The van der Waals surface area contributed by atoms with E-state index < -0.39 is 5.97 Å². The van der Waals surface area contributed by atoms with Crippen molar-refractivity contribution in [3.63, 3.8) is 0 Å². The Morgan fingerprint density at radius 2 is 2.05 bits per heavy atom. The van der Waals surface area contributed by atoms with Gasteiger partial charge in [-0.05, 0) is 44.1 Å². The van der Waals surface area contributed by atoms with Crippen LogP contribution in [0.15, 0.2) is 28.7 Å². The number of fused-ring (bicyclic) bond motifs is 1. The molecule has 0 saturated carbocycles. The van der Waals surface area contributed by atoms with Gasteiger partial charge in [0.25, 0.3) is 0 Å². The van der Waals surface area contributed by atoms with E-state index in [2.05, 4.69) is 4.90 Å². The number of esters is 1. The maximum Gasteiger partial charge on any atom is 0.374 e. The number of rotatable bonds is 5. The number of carbonyl (C=O) groups excluding carboxylic acids is 1. The minimum absolute atomic E-state index is 0.238. The van der Waals surface area contributed by atoms with Gasteiger partial charge in [-0.15, -0.1) is 0 Å². The van der Waals surface area contributed by atoms with Gasteiger partial charge in [0.05, 0.1) is 7.11 Å². The summed E-state index contributed by atoms with van der Waals surface area (Å²) in [5.74, 6) is 0.529. The molecule has 2 aromatic rings. The molecule has 3 rings (SSSR count). The number of likely N-dealkylation sites (tertiary alicyclic amines) is 1. The molecule has 1 aromatic heterocycles. The van der Waals surface area contributed by atoms with Crippen LogP contribution in [0.25, 0.3) is 11.0 Å². The van der Waals surface area contributed by atoms with Crippen molar-refractivity contribution in [2.45, 2.75) is 19.3 Å². The summed E-state index contributed by atoms with van der Waals surface area (Å²) in [7, 11) is 1.60. The third-order valence-electron chi connectivity index (χ3n) is 4.02. The quantitative estimate of drug-likeness (QED) is 0.795. The van der Waals surface area contributed by atoms with Gasteiger partial charge >= 0.3 is 5.97 Å². The molecule has 0 unspecified atom stereocenters. The summed E-state index contributed by atoms with van der Waals surface area (Å²) < 4.78 is 16.0. The van der Waals surface area contributed by atoms with Crippen molar-refractivity contribution in [3.05, 3.63) is 30.0 Å². The van der Waals surface area contributed by atoms with Gasteiger partial charge in [-0.1, -0.05) is 6.42 Å². The Hall–Kier alpha value is -2.01. The van der Waals surface area contributed by atoms with Crippen LogP contribution in [-0.4, -0.2) is 44.2 Å². The van der Waals surface area contributed by atoms with E-state index in [1.807, 2.05) is 12.1 Å². The number of carbonyl (C=O) groups is 1. The van der Waals surface area contributed by atoms with Crippen LogP contribution < -0.4 is 4.74 Å². The second-order valence-corrected chi connectivity index (χ2v) is 5.55. The predicted molar refractivity (Wildman–Crippen MR) is 83.3 cm³/mol. The molecule has 0 radical (unpaired) electrons. The lowest BCUT2D eigenvalue weighted by molar-refractivity contribution is 0.0419. The second-order valence-electron chi connectivity index (χ2n) is 5.55. The molecule has 0 N–H and O–H groups in total. The maximum atomic E-state index is 12.0. The van der Waals surface area contributed by atoms with Gasteiger partial charge in [-0.3, -0.25) is 4.90 Å². The Bertz CT molecular complexity index is 643. The summed E-state index contributed by atoms with van der Waals surface area (Å²) in [6, 6.07) is 7.17. The van der Waals surface area contributed by atoms with Crippen LogP contribution in [0.2, 0.25) is 0 Å². The molecule has 5 nitrogen and oxygen atoms in total. The average Bonchev–Trinajstić information content (AvgIpc) is 2.99. The van der Waals surface area contributed by atoms with Gasteiger partial charge in [-0.25, -0.2) is 4.79 Å². The summed E-state index contributed by atoms with van der Waals surface area (Å²) >= 11 is 0. The summed E-state index contributed by atoms with van der Waals surface area (Å²) in [4.78, 5) is 14.4. The zero-order valence-electron chi connectivity index (χ0n) is 12.8. The van der Waals surface area contributed by atoms with Gasteiger partial charge in [-0.2, -0.15) is 0 Å². The lowest BCUT2D eigenvalue weighted by Gasteiger charge is -2.25. The zero-order valence-corrected chi connectivity index (χ0v) is 12.8. The van der Waals surface area contributed by atoms with Gasteiger partial charge in [0, 0.05) is 18.0 Å². The van der Waals surface area contributed by atoms with Gasteiger partial charge in [0.1, 0.15) is 17.9 Å². The van der Waals surface area contributed by atoms with Crippen molar-refractivity contribution in [2.75, 3.05) is 33.4 Å². The first-order valence-electron chi connectivity index (χ1n) is 7.73. The van der Waals surface area contributed by atoms with E-state index in [4.69, 9.17) is 13.9 Å². The summed E-state index contributed by atoms with van der Waals surface area (Å²) in [5, 5.41) is 0.865. The largest absolute Gasteiger partial charge is 0.497 e. The highest BCUT2D eigenvalue weighted by Gasteiger charge is 2.15. The smallest absolute Gasteiger partial charge is 0.374 e. The third-order valence-corrected chi connectivity index (χ3v) is 4.02. The van der Waals surface area contributed by atoms with Crippen molar-refractivity contribution in [3.8, 4) is 5.75 Å². The van der Waals surface area contributed by atoms with Crippen molar-refractivity contribution >= 4 is 16.9 Å². The maximum absolute atomic E-state index is 12.0. The Morgan fingerprint density at radius 3 is 2.82 bits per heavy atom. The van der Waals surface area contributed by atoms with E-state index in [0.717, 1.165) is 25.0 Å². The highest BCUT2D eigenvalue weighted by Crippen LogP contribution is 2.24. The van der Waals surface area contributed by atoms with E-state index in [0.29, 0.717) is 17.9 Å². The Balaban J connectivity index is 1.57. The molecule has 2 heterocycles. The van der Waals surface area contributed by atoms with E-state index in [9.17, 15) is 4.79 Å². The van der Waals surface area contributed by atoms with Crippen molar-refractivity contribution in [1.29, 1.82) is 0 Å². The van der Waals surface area contributed by atoms with Gasteiger partial charge in [0.15, 0.2) is 0 Å². The average molecular weight is 303 g/mol. The third kappa shape index (κ3) is 3.42. The summed E-state index contributed by atoms with van der Waals surface area (Å²) in [6.45, 7) is 3.39. The van der Waals surface area contributed by atoms with E-state index in [1.54, 1.807) is 19.2 Å². The number of methoxy groups -OCH3 is 1. The second kappa shape index (κ2) is 6.83. The molecule has 118 valence electrons. The first kappa shape index (κ1) is 14.9. The number of piperidine rings is 1. The van der Waals surface area contributed by atoms with E-state index >= 15 is 0 Å². The molecule has 5 heteroatoms. The molecule has 0 amide bonds. The van der Waals surface area contributed by atoms with Crippen LogP contribution >= 0.6 is 0 Å². The molecule has 1 aliphatic rings.